The molecule has 0 radical (unpaired) electrons. The maximum atomic E-state index is 10.8. The highest BCUT2D eigenvalue weighted by molar-refractivity contribution is 5.70. The second-order valence-corrected chi connectivity index (χ2v) is 4.15. The van der Waals surface area contributed by atoms with E-state index in [1.807, 2.05) is 24.4 Å². The molecule has 6 heteroatoms. The van der Waals surface area contributed by atoms with E-state index in [-0.39, 0.29) is 0 Å². The van der Waals surface area contributed by atoms with Crippen LogP contribution >= 0.6 is 0 Å². The molecule has 3 heterocycles. The van der Waals surface area contributed by atoms with Crippen molar-refractivity contribution in [2.24, 2.45) is 0 Å². The minimum absolute atomic E-state index is 0.427. The number of hydrogen-bond donors (Lipinski definition) is 1. The van der Waals surface area contributed by atoms with E-state index >= 15 is 0 Å². The summed E-state index contributed by atoms with van der Waals surface area (Å²) >= 11 is 0. The standard InChI is InChI=1S/C12H12N4O2/c17-12(18)15-6-2-9(3-7-15)10-4-8-16-11(14-10)1-5-13-16/h1-2,4-5,8H,3,6-7H2,(H,17,18). The highest BCUT2D eigenvalue weighted by Crippen LogP contribution is 2.20. The van der Waals surface area contributed by atoms with E-state index in [0.717, 1.165) is 16.9 Å². The second-order valence-electron chi connectivity index (χ2n) is 4.15. The molecule has 0 aromatic carbocycles. The predicted octanol–water partition coefficient (Wildman–Crippen LogP) is 1.50. The van der Waals surface area contributed by atoms with E-state index in [1.54, 1.807) is 10.7 Å². The monoisotopic (exact) mass is 244 g/mol. The minimum atomic E-state index is -0.871. The Bertz CT molecular complexity index is 632. The van der Waals surface area contributed by atoms with Crippen molar-refractivity contribution in [2.75, 3.05) is 13.1 Å². The van der Waals surface area contributed by atoms with Gasteiger partial charge in [0, 0.05) is 25.4 Å². The highest BCUT2D eigenvalue weighted by atomic mass is 16.4. The summed E-state index contributed by atoms with van der Waals surface area (Å²) in [5.74, 6) is 0. The second kappa shape index (κ2) is 4.14. The smallest absolute Gasteiger partial charge is 0.407 e. The zero-order chi connectivity index (χ0) is 12.5. The average Bonchev–Trinajstić information content (AvgIpc) is 2.86. The molecule has 0 unspecified atom stereocenters. The zero-order valence-corrected chi connectivity index (χ0v) is 9.65. The lowest BCUT2D eigenvalue weighted by molar-refractivity contribution is 0.150. The number of amides is 1. The average molecular weight is 244 g/mol. The summed E-state index contributed by atoms with van der Waals surface area (Å²) in [7, 11) is 0. The molecule has 0 bridgehead atoms. The molecule has 18 heavy (non-hydrogen) atoms. The maximum absolute atomic E-state index is 10.8. The maximum Gasteiger partial charge on any atom is 0.407 e. The Balaban J connectivity index is 1.89. The lowest BCUT2D eigenvalue weighted by Crippen LogP contribution is -2.33. The lowest BCUT2D eigenvalue weighted by Gasteiger charge is -2.23. The first kappa shape index (κ1) is 10.8. The fourth-order valence-corrected chi connectivity index (χ4v) is 2.07. The lowest BCUT2D eigenvalue weighted by atomic mass is 10.1. The first-order valence-electron chi connectivity index (χ1n) is 5.72. The molecule has 6 nitrogen and oxygen atoms in total. The van der Waals surface area contributed by atoms with Crippen LogP contribution in [-0.4, -0.2) is 43.8 Å². The number of nitrogens with zero attached hydrogens (tertiary/aromatic N) is 4. The summed E-state index contributed by atoms with van der Waals surface area (Å²) in [6.07, 6.45) is 5.32. The predicted molar refractivity (Wildman–Crippen MR) is 65.2 cm³/mol. The van der Waals surface area contributed by atoms with Crippen molar-refractivity contribution in [1.82, 2.24) is 19.5 Å². The van der Waals surface area contributed by atoms with Gasteiger partial charge in [-0.15, -0.1) is 0 Å². The van der Waals surface area contributed by atoms with Gasteiger partial charge in [-0.2, -0.15) is 5.10 Å². The van der Waals surface area contributed by atoms with Crippen LogP contribution < -0.4 is 0 Å². The first-order valence-corrected chi connectivity index (χ1v) is 5.72. The van der Waals surface area contributed by atoms with Gasteiger partial charge in [0.25, 0.3) is 0 Å². The van der Waals surface area contributed by atoms with E-state index < -0.39 is 6.09 Å². The van der Waals surface area contributed by atoms with E-state index in [9.17, 15) is 4.79 Å². The number of carbonyl (C=O) groups is 1. The highest BCUT2D eigenvalue weighted by Gasteiger charge is 2.17. The summed E-state index contributed by atoms with van der Waals surface area (Å²) in [5, 5.41) is 13.0. The Morgan fingerprint density at radius 2 is 2.28 bits per heavy atom. The van der Waals surface area contributed by atoms with Crippen LogP contribution in [0.25, 0.3) is 11.2 Å². The zero-order valence-electron chi connectivity index (χ0n) is 9.65. The molecule has 92 valence electrons. The molecule has 1 aliphatic rings. The van der Waals surface area contributed by atoms with Crippen molar-refractivity contribution in [3.8, 4) is 0 Å². The molecule has 0 saturated carbocycles. The summed E-state index contributed by atoms with van der Waals surface area (Å²) < 4.78 is 1.70. The SMILES string of the molecule is O=C(O)N1CC=C(c2ccn3nccc3n2)CC1. The van der Waals surface area contributed by atoms with Gasteiger partial charge < -0.3 is 10.0 Å². The van der Waals surface area contributed by atoms with Crippen LogP contribution in [0.15, 0.2) is 30.6 Å². The van der Waals surface area contributed by atoms with Gasteiger partial charge >= 0.3 is 6.09 Å². The van der Waals surface area contributed by atoms with Crippen LogP contribution in [0.4, 0.5) is 4.79 Å². The Hall–Kier alpha value is -2.37. The van der Waals surface area contributed by atoms with Crippen molar-refractivity contribution in [3.05, 3.63) is 36.3 Å². The molecule has 0 spiro atoms. The van der Waals surface area contributed by atoms with Crippen LogP contribution in [0, 0.1) is 0 Å². The third-order valence-corrected chi connectivity index (χ3v) is 3.07. The number of aromatic nitrogens is 3. The largest absolute Gasteiger partial charge is 0.465 e. The fourth-order valence-electron chi connectivity index (χ4n) is 2.07. The fraction of sp³-hybridized carbons (Fsp3) is 0.250. The molecule has 2 aromatic rings. The molecular formula is C12H12N4O2. The number of carboxylic acid groups (broad SMARTS) is 1. The van der Waals surface area contributed by atoms with Crippen LogP contribution in [0.1, 0.15) is 12.1 Å². The topological polar surface area (TPSA) is 70.7 Å². The van der Waals surface area contributed by atoms with Crippen LogP contribution in [0.5, 0.6) is 0 Å². The van der Waals surface area contributed by atoms with Gasteiger partial charge in [-0.3, -0.25) is 0 Å². The number of hydrogen-bond acceptors (Lipinski definition) is 3. The summed E-state index contributed by atoms with van der Waals surface area (Å²) in [5.41, 5.74) is 2.79. The van der Waals surface area contributed by atoms with Crippen LogP contribution in [0.3, 0.4) is 0 Å². The van der Waals surface area contributed by atoms with Gasteiger partial charge in [0.2, 0.25) is 0 Å². The van der Waals surface area contributed by atoms with E-state index in [2.05, 4.69) is 10.1 Å². The van der Waals surface area contributed by atoms with Crippen LogP contribution in [0.2, 0.25) is 0 Å². The van der Waals surface area contributed by atoms with E-state index in [0.29, 0.717) is 19.5 Å². The number of rotatable bonds is 1. The van der Waals surface area contributed by atoms with E-state index in [1.165, 1.54) is 4.90 Å². The molecule has 0 fully saturated rings. The summed E-state index contributed by atoms with van der Waals surface area (Å²) in [4.78, 5) is 16.7. The molecule has 1 N–H and O–H groups in total. The van der Waals surface area contributed by atoms with Crippen molar-refractivity contribution in [2.45, 2.75) is 6.42 Å². The van der Waals surface area contributed by atoms with Gasteiger partial charge in [0.05, 0.1) is 11.9 Å². The molecule has 0 aliphatic carbocycles. The van der Waals surface area contributed by atoms with Gasteiger partial charge in [-0.1, -0.05) is 6.08 Å². The van der Waals surface area contributed by atoms with Crippen molar-refractivity contribution in [1.29, 1.82) is 0 Å². The Morgan fingerprint density at radius 1 is 1.39 bits per heavy atom. The quantitative estimate of drug-likeness (QED) is 0.825. The third-order valence-electron chi connectivity index (χ3n) is 3.07. The van der Waals surface area contributed by atoms with Crippen molar-refractivity contribution >= 4 is 17.3 Å². The van der Waals surface area contributed by atoms with Crippen molar-refractivity contribution in [3.63, 3.8) is 0 Å². The van der Waals surface area contributed by atoms with Gasteiger partial charge in [0.15, 0.2) is 5.65 Å². The summed E-state index contributed by atoms with van der Waals surface area (Å²) in [6.45, 7) is 0.948. The molecule has 1 amide bonds. The van der Waals surface area contributed by atoms with Gasteiger partial charge in [-0.05, 0) is 18.1 Å². The van der Waals surface area contributed by atoms with Gasteiger partial charge in [0.1, 0.15) is 0 Å². The molecule has 3 rings (SSSR count). The molecule has 1 aliphatic heterocycles. The normalized spacial score (nSPS) is 15.8. The molecule has 0 atom stereocenters. The molecule has 2 aromatic heterocycles. The summed E-state index contributed by atoms with van der Waals surface area (Å²) in [6, 6.07) is 3.75. The van der Waals surface area contributed by atoms with E-state index in [4.69, 9.17) is 5.11 Å². The Labute approximate surface area is 103 Å². The Kier molecular flexibility index (Phi) is 2.47. The molecule has 0 saturated heterocycles. The molecular weight excluding hydrogens is 232 g/mol. The first-order chi connectivity index (χ1) is 8.74. The Morgan fingerprint density at radius 3 is 3.00 bits per heavy atom. The third kappa shape index (κ3) is 1.81. The minimum Gasteiger partial charge on any atom is -0.465 e. The number of fused-ring (bicyclic) bond motifs is 1. The van der Waals surface area contributed by atoms with Crippen molar-refractivity contribution < 1.29 is 9.90 Å². The van der Waals surface area contributed by atoms with Gasteiger partial charge in [-0.25, -0.2) is 14.3 Å². The van der Waals surface area contributed by atoms with Crippen LogP contribution in [-0.2, 0) is 0 Å².